The molecule has 132 valence electrons. The first-order valence-electron chi connectivity index (χ1n) is 8.41. The molecular weight excluding hydrogens is 344 g/mol. The molecule has 0 aliphatic heterocycles. The Kier molecular flexibility index (Phi) is 2.95. The standard InChI is InChI=1S/C22H14O5/c1-10-2-4-11(5-3-10)22-20-14-6-12(23)8-16(25)18(14)21(26)15-7-13(24)9-17(27-22)19(15)20/h2-9,23-25H,1H3. The van der Waals surface area contributed by atoms with E-state index in [9.17, 15) is 20.1 Å². The van der Waals surface area contributed by atoms with E-state index in [1.165, 1.54) is 18.2 Å². The molecule has 3 aromatic carbocycles. The fourth-order valence-electron chi connectivity index (χ4n) is 3.74. The van der Waals surface area contributed by atoms with Crippen LogP contribution in [-0.2, 0) is 0 Å². The van der Waals surface area contributed by atoms with Gasteiger partial charge >= 0.3 is 0 Å². The molecule has 0 atom stereocenters. The Bertz CT molecular complexity index is 1260. The minimum atomic E-state index is -0.424. The van der Waals surface area contributed by atoms with Crippen molar-refractivity contribution in [1.82, 2.24) is 0 Å². The molecule has 1 aliphatic rings. The van der Waals surface area contributed by atoms with E-state index in [2.05, 4.69) is 0 Å². The molecule has 5 nitrogen and oxygen atoms in total. The summed E-state index contributed by atoms with van der Waals surface area (Å²) < 4.78 is 6.03. The lowest BCUT2D eigenvalue weighted by molar-refractivity contribution is 0.103. The van der Waals surface area contributed by atoms with E-state index in [0.717, 1.165) is 17.2 Å². The number of hydrogen-bond acceptors (Lipinski definition) is 5. The van der Waals surface area contributed by atoms with Gasteiger partial charge in [-0.1, -0.05) is 29.8 Å². The Hall–Kier alpha value is -3.73. The minimum Gasteiger partial charge on any atom is -0.508 e. The predicted molar refractivity (Wildman–Crippen MR) is 100 cm³/mol. The lowest BCUT2D eigenvalue weighted by Gasteiger charge is -2.18. The van der Waals surface area contributed by atoms with Gasteiger partial charge in [-0.2, -0.15) is 0 Å². The zero-order chi connectivity index (χ0) is 18.9. The normalized spacial score (nSPS) is 12.4. The Morgan fingerprint density at radius 2 is 1.48 bits per heavy atom. The molecule has 0 saturated heterocycles. The smallest absolute Gasteiger partial charge is 0.198 e. The second-order valence-corrected chi connectivity index (χ2v) is 6.76. The summed E-state index contributed by atoms with van der Waals surface area (Å²) in [6.07, 6.45) is 0. The number of phenolic OH excluding ortho intramolecular Hbond substituents is 3. The summed E-state index contributed by atoms with van der Waals surface area (Å²) in [6, 6.07) is 13.1. The quantitative estimate of drug-likeness (QED) is 0.403. The Morgan fingerprint density at radius 1 is 0.815 bits per heavy atom. The van der Waals surface area contributed by atoms with E-state index >= 15 is 0 Å². The number of fused-ring (bicyclic) bond motifs is 2. The van der Waals surface area contributed by atoms with Crippen LogP contribution in [0.3, 0.4) is 0 Å². The molecule has 0 saturated carbocycles. The number of aromatic hydroxyl groups is 3. The highest BCUT2D eigenvalue weighted by atomic mass is 16.3. The highest BCUT2D eigenvalue weighted by molar-refractivity contribution is 6.28. The molecule has 0 unspecified atom stereocenters. The second kappa shape index (κ2) is 5.14. The average molecular weight is 358 g/mol. The van der Waals surface area contributed by atoms with Crippen molar-refractivity contribution in [2.45, 2.75) is 6.92 Å². The summed E-state index contributed by atoms with van der Waals surface area (Å²) in [5.41, 5.74) is 3.62. The first-order chi connectivity index (χ1) is 12.9. The van der Waals surface area contributed by atoms with Gasteiger partial charge in [0.25, 0.3) is 0 Å². The van der Waals surface area contributed by atoms with Crippen LogP contribution in [0, 0.1) is 6.92 Å². The minimum absolute atomic E-state index is 0.0851. The average Bonchev–Trinajstić information content (AvgIpc) is 2.99. The zero-order valence-corrected chi connectivity index (χ0v) is 14.3. The summed E-state index contributed by atoms with van der Waals surface area (Å²) >= 11 is 0. The topological polar surface area (TPSA) is 90.9 Å². The Labute approximate surface area is 153 Å². The van der Waals surface area contributed by atoms with Crippen LogP contribution in [-0.4, -0.2) is 21.1 Å². The maximum atomic E-state index is 13.0. The van der Waals surface area contributed by atoms with E-state index in [1.54, 1.807) is 0 Å². The maximum Gasteiger partial charge on any atom is 0.198 e. The number of hydrogen-bond donors (Lipinski definition) is 3. The molecule has 5 rings (SSSR count). The molecule has 0 radical (unpaired) electrons. The zero-order valence-electron chi connectivity index (χ0n) is 14.3. The fraction of sp³-hybridized carbons (Fsp3) is 0.0455. The number of furan rings is 1. The van der Waals surface area contributed by atoms with Gasteiger partial charge in [-0.05, 0) is 19.1 Å². The summed E-state index contributed by atoms with van der Waals surface area (Å²) in [5.74, 6) is -0.468. The largest absolute Gasteiger partial charge is 0.508 e. The predicted octanol–water partition coefficient (Wildman–Crippen LogP) is 4.74. The Morgan fingerprint density at radius 3 is 2.22 bits per heavy atom. The van der Waals surface area contributed by atoms with Gasteiger partial charge in [-0.25, -0.2) is 0 Å². The van der Waals surface area contributed by atoms with Crippen molar-refractivity contribution >= 4 is 16.8 Å². The van der Waals surface area contributed by atoms with Gasteiger partial charge in [0.2, 0.25) is 0 Å². The number of aryl methyl sites for hydroxylation is 1. The molecule has 1 heterocycles. The van der Waals surface area contributed by atoms with Crippen LogP contribution in [0.5, 0.6) is 17.2 Å². The van der Waals surface area contributed by atoms with E-state index < -0.39 is 5.78 Å². The molecule has 0 spiro atoms. The van der Waals surface area contributed by atoms with Crippen LogP contribution in [0.25, 0.3) is 33.4 Å². The van der Waals surface area contributed by atoms with Crippen molar-refractivity contribution in [1.29, 1.82) is 0 Å². The van der Waals surface area contributed by atoms with Crippen LogP contribution in [0.2, 0.25) is 0 Å². The summed E-state index contributed by atoms with van der Waals surface area (Å²) in [7, 11) is 0. The monoisotopic (exact) mass is 358 g/mol. The van der Waals surface area contributed by atoms with E-state index in [0.29, 0.717) is 27.9 Å². The fourth-order valence-corrected chi connectivity index (χ4v) is 3.74. The summed E-state index contributed by atoms with van der Waals surface area (Å²) in [6.45, 7) is 1.98. The van der Waals surface area contributed by atoms with Gasteiger partial charge in [0.15, 0.2) is 5.78 Å². The van der Waals surface area contributed by atoms with Crippen molar-refractivity contribution in [2.75, 3.05) is 0 Å². The lowest BCUT2D eigenvalue weighted by atomic mass is 9.83. The number of benzene rings is 3. The first-order valence-corrected chi connectivity index (χ1v) is 8.41. The van der Waals surface area contributed by atoms with Gasteiger partial charge in [0.05, 0.1) is 5.56 Å². The molecule has 0 bridgehead atoms. The van der Waals surface area contributed by atoms with Gasteiger partial charge in [0, 0.05) is 39.8 Å². The van der Waals surface area contributed by atoms with Crippen molar-refractivity contribution in [2.24, 2.45) is 0 Å². The highest BCUT2D eigenvalue weighted by Gasteiger charge is 2.33. The van der Waals surface area contributed by atoms with E-state index in [1.807, 2.05) is 31.2 Å². The third-order valence-electron chi connectivity index (χ3n) is 4.93. The highest BCUT2D eigenvalue weighted by Crippen LogP contribution is 2.50. The van der Waals surface area contributed by atoms with Gasteiger partial charge < -0.3 is 19.7 Å². The molecule has 1 aromatic heterocycles. The molecule has 1 aliphatic carbocycles. The molecular formula is C22H14O5. The molecule has 4 aromatic rings. The summed E-state index contributed by atoms with van der Waals surface area (Å²) in [4.78, 5) is 13.0. The van der Waals surface area contributed by atoms with Crippen LogP contribution < -0.4 is 0 Å². The number of carbonyl (C=O) groups is 1. The number of rotatable bonds is 1. The maximum absolute atomic E-state index is 13.0. The summed E-state index contributed by atoms with van der Waals surface area (Å²) in [5, 5.41) is 30.9. The molecule has 0 fully saturated rings. The third-order valence-corrected chi connectivity index (χ3v) is 4.93. The van der Waals surface area contributed by atoms with Crippen molar-refractivity contribution in [3.8, 4) is 39.7 Å². The number of carbonyl (C=O) groups excluding carboxylic acids is 1. The van der Waals surface area contributed by atoms with Crippen LogP contribution in [0.15, 0.2) is 52.9 Å². The van der Waals surface area contributed by atoms with E-state index in [-0.39, 0.29) is 28.4 Å². The van der Waals surface area contributed by atoms with Crippen molar-refractivity contribution in [3.05, 3.63) is 65.2 Å². The van der Waals surface area contributed by atoms with Crippen LogP contribution in [0.4, 0.5) is 0 Å². The number of phenols is 3. The van der Waals surface area contributed by atoms with Crippen LogP contribution >= 0.6 is 0 Å². The third kappa shape index (κ3) is 2.08. The molecule has 3 N–H and O–H groups in total. The van der Waals surface area contributed by atoms with Crippen LogP contribution in [0.1, 0.15) is 21.5 Å². The first kappa shape index (κ1) is 15.5. The SMILES string of the molecule is Cc1ccc(-c2oc3cc(O)cc4c3c2-c2cc(O)cc(O)c2C4=O)cc1. The molecule has 0 amide bonds. The van der Waals surface area contributed by atoms with Gasteiger partial charge in [0.1, 0.15) is 28.6 Å². The van der Waals surface area contributed by atoms with Gasteiger partial charge in [-0.15, -0.1) is 0 Å². The van der Waals surface area contributed by atoms with E-state index in [4.69, 9.17) is 4.42 Å². The second-order valence-electron chi connectivity index (χ2n) is 6.76. The Balaban J connectivity index is 1.97. The van der Waals surface area contributed by atoms with Crippen molar-refractivity contribution < 1.29 is 24.5 Å². The lowest BCUT2D eigenvalue weighted by Crippen LogP contribution is -2.09. The molecule has 5 heteroatoms. The molecule has 27 heavy (non-hydrogen) atoms. The van der Waals surface area contributed by atoms with Gasteiger partial charge in [-0.3, -0.25) is 4.79 Å². The number of ketones is 1. The van der Waals surface area contributed by atoms with Crippen molar-refractivity contribution in [3.63, 3.8) is 0 Å².